The summed E-state index contributed by atoms with van der Waals surface area (Å²) in [6.07, 6.45) is 0. The Labute approximate surface area is 156 Å². The fraction of sp³-hybridized carbons (Fsp3) is 0.200. The summed E-state index contributed by atoms with van der Waals surface area (Å²) in [6.45, 7) is 2.84. The molecule has 0 aliphatic heterocycles. The van der Waals surface area contributed by atoms with Gasteiger partial charge in [0.15, 0.2) is 5.78 Å². The van der Waals surface area contributed by atoms with Gasteiger partial charge in [0.1, 0.15) is 11.9 Å². The molecule has 0 spiro atoms. The van der Waals surface area contributed by atoms with E-state index in [0.29, 0.717) is 16.3 Å². The molecule has 0 aliphatic rings. The zero-order valence-electron chi connectivity index (χ0n) is 14.7. The number of carbonyl (C=O) groups is 2. The van der Waals surface area contributed by atoms with E-state index in [4.69, 9.17) is 0 Å². The number of amides is 1. The first kappa shape index (κ1) is 18.2. The third kappa shape index (κ3) is 3.01. The van der Waals surface area contributed by atoms with Crippen molar-refractivity contribution in [3.05, 3.63) is 59.9 Å². The van der Waals surface area contributed by atoms with E-state index in [-0.39, 0.29) is 11.7 Å². The van der Waals surface area contributed by atoms with Crippen molar-refractivity contribution in [2.24, 2.45) is 7.05 Å². The average molecular weight is 370 g/mol. The molecule has 3 rings (SSSR count). The van der Waals surface area contributed by atoms with Crippen LogP contribution in [0.3, 0.4) is 0 Å². The highest BCUT2D eigenvalue weighted by Gasteiger charge is 2.33. The molecule has 1 aromatic heterocycles. The molecule has 0 saturated carbocycles. The predicted molar refractivity (Wildman–Crippen MR) is 103 cm³/mol. The number of aromatic nitrogens is 1. The summed E-state index contributed by atoms with van der Waals surface area (Å²) in [7, 11) is 1.86. The Morgan fingerprint density at radius 3 is 2.27 bits per heavy atom. The van der Waals surface area contributed by atoms with Gasteiger partial charge in [-0.3, -0.25) is 14.5 Å². The van der Waals surface area contributed by atoms with Crippen molar-refractivity contribution in [1.29, 1.82) is 0 Å². The lowest BCUT2D eigenvalue weighted by atomic mass is 9.99. The number of thiol groups is 1. The summed E-state index contributed by atoms with van der Waals surface area (Å²) in [5.74, 6) is -0.912. The van der Waals surface area contributed by atoms with E-state index >= 15 is 0 Å². The first-order valence-corrected chi connectivity index (χ1v) is 8.59. The predicted octanol–water partition coefficient (Wildman–Crippen LogP) is 4.29. The molecule has 4 nitrogen and oxygen atoms in total. The Kier molecular flexibility index (Phi) is 4.87. The van der Waals surface area contributed by atoms with Gasteiger partial charge in [0.05, 0.1) is 5.03 Å². The van der Waals surface area contributed by atoms with Gasteiger partial charge in [-0.25, -0.2) is 4.39 Å². The van der Waals surface area contributed by atoms with Gasteiger partial charge in [-0.05, 0) is 37.3 Å². The highest BCUT2D eigenvalue weighted by molar-refractivity contribution is 7.80. The molecule has 134 valence electrons. The number of rotatable bonds is 4. The maximum Gasteiger partial charge on any atom is 0.224 e. The van der Waals surface area contributed by atoms with Crippen LogP contribution >= 0.6 is 12.6 Å². The third-order valence-electron chi connectivity index (χ3n) is 4.47. The minimum atomic E-state index is -0.850. The number of para-hydroxylation sites is 1. The second-order valence-corrected chi connectivity index (χ2v) is 6.62. The van der Waals surface area contributed by atoms with E-state index in [1.54, 1.807) is 0 Å². The number of Topliss-reactive ketones (excluding diaryl/α,β-unsaturated/α-hetero) is 1. The maximum atomic E-state index is 13.3. The zero-order chi connectivity index (χ0) is 19.0. The van der Waals surface area contributed by atoms with Crippen molar-refractivity contribution in [3.8, 4) is 0 Å². The van der Waals surface area contributed by atoms with Crippen molar-refractivity contribution in [1.82, 2.24) is 4.57 Å². The highest BCUT2D eigenvalue weighted by Crippen LogP contribution is 2.38. The Balaban J connectivity index is 2.27. The lowest BCUT2D eigenvalue weighted by molar-refractivity contribution is -0.123. The molecule has 2 aromatic carbocycles. The van der Waals surface area contributed by atoms with Crippen LogP contribution in [0.2, 0.25) is 0 Å². The Hall–Kier alpha value is -2.60. The van der Waals surface area contributed by atoms with E-state index in [1.165, 1.54) is 43.0 Å². The summed E-state index contributed by atoms with van der Waals surface area (Å²) < 4.78 is 15.2. The fourth-order valence-corrected chi connectivity index (χ4v) is 3.66. The largest absolute Gasteiger partial charge is 0.339 e. The molecule has 0 bridgehead atoms. The number of anilines is 1. The van der Waals surface area contributed by atoms with Gasteiger partial charge in [-0.1, -0.05) is 18.2 Å². The number of hydrogen-bond donors (Lipinski definition) is 1. The van der Waals surface area contributed by atoms with E-state index < -0.39 is 11.9 Å². The first-order chi connectivity index (χ1) is 12.3. The summed E-state index contributed by atoms with van der Waals surface area (Å²) in [5.41, 5.74) is 2.04. The van der Waals surface area contributed by atoms with Gasteiger partial charge < -0.3 is 4.57 Å². The van der Waals surface area contributed by atoms with Crippen LogP contribution in [0.4, 0.5) is 10.1 Å². The van der Waals surface area contributed by atoms with E-state index in [2.05, 4.69) is 12.6 Å². The number of ketones is 1. The van der Waals surface area contributed by atoms with Crippen LogP contribution in [0.5, 0.6) is 0 Å². The average Bonchev–Trinajstić information content (AvgIpc) is 2.85. The van der Waals surface area contributed by atoms with Crippen LogP contribution in [0.1, 0.15) is 25.5 Å². The fourth-order valence-electron chi connectivity index (χ4n) is 3.31. The van der Waals surface area contributed by atoms with E-state index in [0.717, 1.165) is 10.9 Å². The summed E-state index contributed by atoms with van der Waals surface area (Å²) in [5, 5.41) is 1.47. The molecule has 1 atom stereocenters. The summed E-state index contributed by atoms with van der Waals surface area (Å²) in [6, 6.07) is 12.3. The van der Waals surface area contributed by atoms with Crippen molar-refractivity contribution in [2.45, 2.75) is 24.9 Å². The first-order valence-electron chi connectivity index (χ1n) is 8.15. The molecule has 0 aliphatic carbocycles. The zero-order valence-corrected chi connectivity index (χ0v) is 15.6. The van der Waals surface area contributed by atoms with Gasteiger partial charge in [0.25, 0.3) is 0 Å². The lowest BCUT2D eigenvalue weighted by Gasteiger charge is -2.30. The molecule has 0 N–H and O–H groups in total. The smallest absolute Gasteiger partial charge is 0.224 e. The van der Waals surface area contributed by atoms with Crippen LogP contribution in [-0.2, 0) is 16.6 Å². The van der Waals surface area contributed by atoms with Crippen LogP contribution in [0, 0.1) is 5.82 Å². The summed E-state index contributed by atoms with van der Waals surface area (Å²) in [4.78, 5) is 26.5. The number of benzene rings is 2. The molecule has 0 saturated heterocycles. The summed E-state index contributed by atoms with van der Waals surface area (Å²) >= 11 is 4.61. The number of hydrogen-bond acceptors (Lipinski definition) is 3. The molecule has 0 radical (unpaired) electrons. The number of fused-ring (bicyclic) bond motifs is 1. The molecule has 6 heteroatoms. The molecule has 1 amide bonds. The highest BCUT2D eigenvalue weighted by atomic mass is 32.1. The van der Waals surface area contributed by atoms with Crippen molar-refractivity contribution in [2.75, 3.05) is 4.90 Å². The SMILES string of the molecule is CC(=O)C(c1c(S)n(C)c2ccccc12)N(C(C)=O)c1ccc(F)cc1. The number of halogens is 1. The number of aryl methyl sites for hydroxylation is 1. The van der Waals surface area contributed by atoms with Crippen LogP contribution in [0.25, 0.3) is 10.9 Å². The molecule has 1 unspecified atom stereocenters. The van der Waals surface area contributed by atoms with Gasteiger partial charge in [0.2, 0.25) is 5.91 Å². The monoisotopic (exact) mass is 370 g/mol. The van der Waals surface area contributed by atoms with Gasteiger partial charge in [0, 0.05) is 36.1 Å². The molecular formula is C20H19FN2O2S. The molecule has 0 fully saturated rings. The van der Waals surface area contributed by atoms with Crippen molar-refractivity contribution >= 4 is 40.9 Å². The van der Waals surface area contributed by atoms with E-state index in [9.17, 15) is 14.0 Å². The molecule has 3 aromatic rings. The minimum Gasteiger partial charge on any atom is -0.339 e. The minimum absolute atomic E-state index is 0.198. The Bertz CT molecular complexity index is 995. The van der Waals surface area contributed by atoms with Crippen LogP contribution in [0.15, 0.2) is 53.6 Å². The normalized spacial score (nSPS) is 12.2. The van der Waals surface area contributed by atoms with Crippen LogP contribution in [-0.4, -0.2) is 16.3 Å². The van der Waals surface area contributed by atoms with Crippen molar-refractivity contribution in [3.63, 3.8) is 0 Å². The molecule has 1 heterocycles. The van der Waals surface area contributed by atoms with Gasteiger partial charge in [-0.15, -0.1) is 12.6 Å². The van der Waals surface area contributed by atoms with Crippen molar-refractivity contribution < 1.29 is 14.0 Å². The second kappa shape index (κ2) is 6.96. The third-order valence-corrected chi connectivity index (χ3v) is 5.02. The Morgan fingerprint density at radius 1 is 1.08 bits per heavy atom. The van der Waals surface area contributed by atoms with Gasteiger partial charge in [-0.2, -0.15) is 0 Å². The van der Waals surface area contributed by atoms with Crippen LogP contribution < -0.4 is 4.90 Å². The topological polar surface area (TPSA) is 42.3 Å². The van der Waals surface area contributed by atoms with E-state index in [1.807, 2.05) is 35.9 Å². The second-order valence-electron chi connectivity index (χ2n) is 6.19. The number of carbonyl (C=O) groups excluding carboxylic acids is 2. The molecular weight excluding hydrogens is 351 g/mol. The standard InChI is InChI=1S/C20H19FN2O2S/c1-12(24)19(23(13(2)25)15-10-8-14(21)9-11-15)18-16-6-4-5-7-17(16)22(3)20(18)26/h4-11,19,26H,1-3H3. The Morgan fingerprint density at radius 2 is 1.69 bits per heavy atom. The lowest BCUT2D eigenvalue weighted by Crippen LogP contribution is -2.37. The quantitative estimate of drug-likeness (QED) is 0.696. The van der Waals surface area contributed by atoms with Gasteiger partial charge >= 0.3 is 0 Å². The maximum absolute atomic E-state index is 13.3. The number of nitrogens with zero attached hydrogens (tertiary/aromatic N) is 2. The molecule has 26 heavy (non-hydrogen) atoms.